The van der Waals surface area contributed by atoms with Crippen LogP contribution >= 0.6 is 0 Å². The molecule has 0 saturated carbocycles. The molecule has 1 aromatic heterocycles. The third kappa shape index (κ3) is 4.14. The van der Waals surface area contributed by atoms with Crippen LogP contribution < -0.4 is 10.3 Å². The SMILES string of the molecule is Cc1ncn(C[C@@H](O)COc2ccccc2C(F)(F)F)c(=O)c1C. The Labute approximate surface area is 136 Å². The van der Waals surface area contributed by atoms with E-state index in [-0.39, 0.29) is 24.5 Å². The van der Waals surface area contributed by atoms with Crippen LogP contribution in [0.15, 0.2) is 35.4 Å². The molecule has 2 rings (SSSR count). The fraction of sp³-hybridized carbons (Fsp3) is 0.375. The van der Waals surface area contributed by atoms with Crippen molar-refractivity contribution in [1.82, 2.24) is 9.55 Å². The van der Waals surface area contributed by atoms with Gasteiger partial charge in [0.05, 0.1) is 18.4 Å². The molecule has 0 saturated heterocycles. The summed E-state index contributed by atoms with van der Waals surface area (Å²) < 4.78 is 44.9. The second-order valence-corrected chi connectivity index (χ2v) is 5.37. The Bertz CT molecular complexity index is 772. The number of halogens is 3. The number of hydrogen-bond acceptors (Lipinski definition) is 4. The van der Waals surface area contributed by atoms with Gasteiger partial charge in [0.15, 0.2) is 0 Å². The number of para-hydroxylation sites is 1. The molecular formula is C16H17F3N2O3. The largest absolute Gasteiger partial charge is 0.490 e. The van der Waals surface area contributed by atoms with Crippen LogP contribution in [0.25, 0.3) is 0 Å². The average molecular weight is 342 g/mol. The minimum Gasteiger partial charge on any atom is -0.490 e. The first-order valence-electron chi connectivity index (χ1n) is 7.20. The molecular weight excluding hydrogens is 325 g/mol. The third-order valence-corrected chi connectivity index (χ3v) is 3.55. The number of nitrogens with zero attached hydrogens (tertiary/aromatic N) is 2. The summed E-state index contributed by atoms with van der Waals surface area (Å²) in [5.41, 5.74) is -0.186. The van der Waals surface area contributed by atoms with E-state index in [1.54, 1.807) is 13.8 Å². The van der Waals surface area contributed by atoms with E-state index < -0.39 is 17.8 Å². The van der Waals surface area contributed by atoms with Gasteiger partial charge in [-0.3, -0.25) is 9.36 Å². The molecule has 0 aliphatic rings. The fourth-order valence-corrected chi connectivity index (χ4v) is 2.10. The van der Waals surface area contributed by atoms with Crippen LogP contribution in [0.2, 0.25) is 0 Å². The summed E-state index contributed by atoms with van der Waals surface area (Å²) in [6.07, 6.45) is -4.42. The Morgan fingerprint density at radius 3 is 2.62 bits per heavy atom. The zero-order valence-electron chi connectivity index (χ0n) is 13.2. The molecule has 0 radical (unpaired) electrons. The molecule has 1 N–H and O–H groups in total. The number of hydrogen-bond donors (Lipinski definition) is 1. The molecule has 0 spiro atoms. The number of rotatable bonds is 5. The normalized spacial score (nSPS) is 12.9. The summed E-state index contributed by atoms with van der Waals surface area (Å²) >= 11 is 0. The maximum atomic E-state index is 12.9. The molecule has 5 nitrogen and oxygen atoms in total. The summed E-state index contributed by atoms with van der Waals surface area (Å²) in [6.45, 7) is 2.80. The van der Waals surface area contributed by atoms with Crippen LogP contribution in [-0.2, 0) is 12.7 Å². The van der Waals surface area contributed by atoms with Crippen LogP contribution in [0.5, 0.6) is 5.75 Å². The summed E-state index contributed by atoms with van der Waals surface area (Å²) in [6, 6.07) is 4.75. The van der Waals surface area contributed by atoms with Crippen molar-refractivity contribution in [1.29, 1.82) is 0 Å². The van der Waals surface area contributed by atoms with Crippen LogP contribution in [0.1, 0.15) is 16.8 Å². The molecule has 0 aliphatic heterocycles. The number of aliphatic hydroxyl groups excluding tert-OH is 1. The number of ether oxygens (including phenoxy) is 1. The van der Waals surface area contributed by atoms with E-state index in [2.05, 4.69) is 4.98 Å². The number of alkyl halides is 3. The standard InChI is InChI=1S/C16H17F3N2O3/c1-10-11(2)20-9-21(15(10)23)7-12(22)8-24-14-6-4-3-5-13(14)16(17,18)19/h3-6,9,12,22H,7-8H2,1-2H3/t12-/m1/s1. The lowest BCUT2D eigenvalue weighted by atomic mass is 10.2. The lowest BCUT2D eigenvalue weighted by molar-refractivity contribution is -0.139. The van der Waals surface area contributed by atoms with Gasteiger partial charge in [0.25, 0.3) is 5.56 Å². The Hall–Kier alpha value is -2.35. The maximum absolute atomic E-state index is 12.9. The summed E-state index contributed by atoms with van der Waals surface area (Å²) in [7, 11) is 0. The highest BCUT2D eigenvalue weighted by Crippen LogP contribution is 2.35. The van der Waals surface area contributed by atoms with E-state index in [0.29, 0.717) is 11.3 Å². The molecule has 8 heteroatoms. The van der Waals surface area contributed by atoms with Crippen molar-refractivity contribution in [2.24, 2.45) is 0 Å². The molecule has 130 valence electrons. The molecule has 0 fully saturated rings. The van der Waals surface area contributed by atoms with Crippen molar-refractivity contribution >= 4 is 0 Å². The molecule has 0 bridgehead atoms. The highest BCUT2D eigenvalue weighted by Gasteiger charge is 2.34. The van der Waals surface area contributed by atoms with E-state index in [0.717, 1.165) is 6.07 Å². The Balaban J connectivity index is 2.06. The van der Waals surface area contributed by atoms with E-state index in [1.165, 1.54) is 29.1 Å². The van der Waals surface area contributed by atoms with E-state index in [1.807, 2.05) is 0 Å². The van der Waals surface area contributed by atoms with Gasteiger partial charge < -0.3 is 9.84 Å². The topological polar surface area (TPSA) is 64.3 Å². The Morgan fingerprint density at radius 2 is 1.96 bits per heavy atom. The fourth-order valence-electron chi connectivity index (χ4n) is 2.10. The minimum atomic E-state index is -4.55. The van der Waals surface area contributed by atoms with Gasteiger partial charge in [-0.15, -0.1) is 0 Å². The number of aromatic nitrogens is 2. The van der Waals surface area contributed by atoms with Gasteiger partial charge in [-0.25, -0.2) is 4.98 Å². The van der Waals surface area contributed by atoms with Gasteiger partial charge in [0.2, 0.25) is 0 Å². The number of benzene rings is 1. The third-order valence-electron chi connectivity index (χ3n) is 3.55. The molecule has 1 aromatic carbocycles. The van der Waals surface area contributed by atoms with Gasteiger partial charge in [0.1, 0.15) is 18.5 Å². The van der Waals surface area contributed by atoms with Crippen molar-refractivity contribution in [3.63, 3.8) is 0 Å². The Kier molecular flexibility index (Phi) is 5.28. The quantitative estimate of drug-likeness (QED) is 0.906. The average Bonchev–Trinajstić information content (AvgIpc) is 2.53. The van der Waals surface area contributed by atoms with Crippen molar-refractivity contribution in [3.8, 4) is 5.75 Å². The second kappa shape index (κ2) is 7.04. The van der Waals surface area contributed by atoms with Gasteiger partial charge in [-0.1, -0.05) is 12.1 Å². The second-order valence-electron chi connectivity index (χ2n) is 5.37. The van der Waals surface area contributed by atoms with Gasteiger partial charge in [-0.2, -0.15) is 13.2 Å². The van der Waals surface area contributed by atoms with Crippen LogP contribution in [-0.4, -0.2) is 27.4 Å². The smallest absolute Gasteiger partial charge is 0.419 e. The van der Waals surface area contributed by atoms with E-state index >= 15 is 0 Å². The first kappa shape index (κ1) is 18.0. The summed E-state index contributed by atoms with van der Waals surface area (Å²) in [4.78, 5) is 16.0. The zero-order valence-corrected chi connectivity index (χ0v) is 13.2. The van der Waals surface area contributed by atoms with E-state index in [4.69, 9.17) is 4.74 Å². The molecule has 0 unspecified atom stereocenters. The highest BCUT2D eigenvalue weighted by molar-refractivity contribution is 5.35. The highest BCUT2D eigenvalue weighted by atomic mass is 19.4. The lowest BCUT2D eigenvalue weighted by Crippen LogP contribution is -2.32. The van der Waals surface area contributed by atoms with Crippen LogP contribution in [0, 0.1) is 13.8 Å². The first-order valence-corrected chi connectivity index (χ1v) is 7.20. The molecule has 2 aromatic rings. The Morgan fingerprint density at radius 1 is 1.29 bits per heavy atom. The minimum absolute atomic E-state index is 0.124. The van der Waals surface area contributed by atoms with Crippen LogP contribution in [0.3, 0.4) is 0 Å². The molecule has 0 amide bonds. The maximum Gasteiger partial charge on any atom is 0.419 e. The number of aryl methyl sites for hydroxylation is 1. The van der Waals surface area contributed by atoms with Gasteiger partial charge >= 0.3 is 6.18 Å². The summed E-state index contributed by atoms with van der Waals surface area (Å²) in [5.74, 6) is -0.366. The predicted molar refractivity (Wildman–Crippen MR) is 80.9 cm³/mol. The monoisotopic (exact) mass is 342 g/mol. The zero-order chi connectivity index (χ0) is 17.9. The van der Waals surface area contributed by atoms with Crippen molar-refractivity contribution in [3.05, 3.63) is 57.8 Å². The molecule has 1 atom stereocenters. The number of aliphatic hydroxyl groups is 1. The first-order chi connectivity index (χ1) is 11.2. The predicted octanol–water partition coefficient (Wildman–Crippen LogP) is 2.32. The molecule has 1 heterocycles. The van der Waals surface area contributed by atoms with Crippen molar-refractivity contribution in [2.45, 2.75) is 32.7 Å². The van der Waals surface area contributed by atoms with E-state index in [9.17, 15) is 23.1 Å². The molecule has 0 aliphatic carbocycles. The van der Waals surface area contributed by atoms with Gasteiger partial charge in [-0.05, 0) is 26.0 Å². The van der Waals surface area contributed by atoms with Crippen molar-refractivity contribution < 1.29 is 23.0 Å². The van der Waals surface area contributed by atoms with Gasteiger partial charge in [0, 0.05) is 11.3 Å². The summed E-state index contributed by atoms with van der Waals surface area (Å²) in [5, 5.41) is 9.95. The van der Waals surface area contributed by atoms with Crippen LogP contribution in [0.4, 0.5) is 13.2 Å². The lowest BCUT2D eigenvalue weighted by Gasteiger charge is -2.17. The molecule has 24 heavy (non-hydrogen) atoms. The van der Waals surface area contributed by atoms with Crippen molar-refractivity contribution in [2.75, 3.05) is 6.61 Å².